The van der Waals surface area contributed by atoms with Crippen LogP contribution in [-0.2, 0) is 4.74 Å². The molecule has 1 aliphatic heterocycles. The van der Waals surface area contributed by atoms with E-state index in [4.69, 9.17) is 4.74 Å². The first-order valence-electron chi connectivity index (χ1n) is 8.26. The highest BCUT2D eigenvalue weighted by atomic mass is 19.4. The lowest BCUT2D eigenvalue weighted by molar-refractivity contribution is -0.145. The first-order valence-corrected chi connectivity index (χ1v) is 8.26. The first-order chi connectivity index (χ1) is 10.9. The Hall–Kier alpha value is -1.02. The summed E-state index contributed by atoms with van der Waals surface area (Å²) < 4.78 is 42.8. The molecule has 0 aromatic heterocycles. The van der Waals surface area contributed by atoms with E-state index < -0.39 is 12.7 Å². The Balaban J connectivity index is 1.83. The maximum atomic E-state index is 12.5. The summed E-state index contributed by atoms with van der Waals surface area (Å²) in [7, 11) is 1.65. The van der Waals surface area contributed by atoms with Gasteiger partial charge in [0.1, 0.15) is 0 Å². The van der Waals surface area contributed by atoms with Crippen molar-refractivity contribution in [2.75, 3.05) is 39.8 Å². The number of ether oxygens (including phenoxy) is 1. The largest absolute Gasteiger partial charge is 0.401 e. The molecule has 1 heterocycles. The summed E-state index contributed by atoms with van der Waals surface area (Å²) in [5, 5.41) is 3.00. The zero-order valence-corrected chi connectivity index (χ0v) is 13.6. The topological polar surface area (TPSA) is 44.8 Å². The van der Waals surface area contributed by atoms with E-state index >= 15 is 0 Å². The van der Waals surface area contributed by atoms with Crippen LogP contribution in [0.2, 0.25) is 0 Å². The number of nitrogens with zero attached hydrogens (tertiary/aromatic N) is 2. The summed E-state index contributed by atoms with van der Waals surface area (Å²) in [6, 6.07) is -0.191. The third-order valence-corrected chi connectivity index (χ3v) is 4.59. The lowest BCUT2D eigenvalue weighted by atomic mass is 9.92. The molecule has 134 valence electrons. The maximum absolute atomic E-state index is 12.5. The zero-order chi connectivity index (χ0) is 16.9. The Kier molecular flexibility index (Phi) is 6.52. The molecule has 0 spiro atoms. The van der Waals surface area contributed by atoms with Crippen molar-refractivity contribution in [3.05, 3.63) is 0 Å². The number of nitrogens with one attached hydrogen (secondary N) is 1. The van der Waals surface area contributed by atoms with Crippen LogP contribution in [-0.4, -0.2) is 74.0 Å². The highest BCUT2D eigenvalue weighted by Gasteiger charge is 2.32. The molecule has 0 radical (unpaired) electrons. The minimum atomic E-state index is -4.19. The normalized spacial score (nSPS) is 27.6. The minimum absolute atomic E-state index is 0.00391. The van der Waals surface area contributed by atoms with Crippen molar-refractivity contribution in [2.24, 2.45) is 0 Å². The molecular weight excluding hydrogens is 311 g/mol. The second-order valence-electron chi connectivity index (χ2n) is 6.35. The van der Waals surface area contributed by atoms with Gasteiger partial charge in [0.15, 0.2) is 0 Å². The molecular formula is C15H26F3N3O2. The molecule has 1 N–H and O–H groups in total. The Morgan fingerprint density at radius 1 is 1.13 bits per heavy atom. The van der Waals surface area contributed by atoms with Gasteiger partial charge in [-0.2, -0.15) is 13.2 Å². The predicted octanol–water partition coefficient (Wildman–Crippen LogP) is 2.22. The lowest BCUT2D eigenvalue weighted by Gasteiger charge is -2.33. The van der Waals surface area contributed by atoms with Gasteiger partial charge in [-0.1, -0.05) is 12.8 Å². The van der Waals surface area contributed by atoms with Crippen LogP contribution < -0.4 is 5.32 Å². The van der Waals surface area contributed by atoms with Crippen molar-refractivity contribution in [1.29, 1.82) is 0 Å². The highest BCUT2D eigenvalue weighted by Crippen LogP contribution is 2.21. The fourth-order valence-corrected chi connectivity index (χ4v) is 3.38. The SMILES string of the molecule is COC1CCCCC1NC(=O)N1CCCN(CC(F)(F)F)CC1. The minimum Gasteiger partial charge on any atom is -0.379 e. The number of carbonyl (C=O) groups excluding carboxylic acids is 1. The van der Waals surface area contributed by atoms with Gasteiger partial charge in [-0.15, -0.1) is 0 Å². The summed E-state index contributed by atoms with van der Waals surface area (Å²) in [5.74, 6) is 0. The number of carbonyl (C=O) groups is 1. The molecule has 0 bridgehead atoms. The van der Waals surface area contributed by atoms with Gasteiger partial charge >= 0.3 is 12.2 Å². The average Bonchev–Trinajstić information content (AvgIpc) is 2.71. The number of hydrogen-bond acceptors (Lipinski definition) is 3. The van der Waals surface area contributed by atoms with Crippen LogP contribution in [0.15, 0.2) is 0 Å². The summed E-state index contributed by atoms with van der Waals surface area (Å²) in [5.41, 5.74) is 0. The highest BCUT2D eigenvalue weighted by molar-refractivity contribution is 5.74. The lowest BCUT2D eigenvalue weighted by Crippen LogP contribution is -2.51. The number of methoxy groups -OCH3 is 1. The average molecular weight is 337 g/mol. The number of amides is 2. The van der Waals surface area contributed by atoms with Crippen molar-refractivity contribution < 1.29 is 22.7 Å². The van der Waals surface area contributed by atoms with Gasteiger partial charge in [0.2, 0.25) is 0 Å². The Morgan fingerprint density at radius 2 is 1.87 bits per heavy atom. The Bertz CT molecular complexity index is 393. The maximum Gasteiger partial charge on any atom is 0.401 e. The van der Waals surface area contributed by atoms with Crippen LogP contribution in [0, 0.1) is 0 Å². The molecule has 2 aliphatic rings. The summed E-state index contributed by atoms with van der Waals surface area (Å²) in [6.45, 7) is 0.534. The number of halogens is 3. The van der Waals surface area contributed by atoms with Crippen LogP contribution in [0.5, 0.6) is 0 Å². The Morgan fingerprint density at radius 3 is 2.57 bits per heavy atom. The van der Waals surface area contributed by atoms with Crippen LogP contribution in [0.1, 0.15) is 32.1 Å². The molecule has 2 unspecified atom stereocenters. The zero-order valence-electron chi connectivity index (χ0n) is 13.6. The summed E-state index contributed by atoms with van der Waals surface area (Å²) in [4.78, 5) is 15.4. The van der Waals surface area contributed by atoms with Gasteiger partial charge < -0.3 is 15.0 Å². The van der Waals surface area contributed by atoms with Crippen molar-refractivity contribution in [2.45, 2.75) is 50.4 Å². The van der Waals surface area contributed by atoms with E-state index in [2.05, 4.69) is 5.32 Å². The van der Waals surface area contributed by atoms with E-state index in [0.717, 1.165) is 25.7 Å². The third kappa shape index (κ3) is 5.84. The smallest absolute Gasteiger partial charge is 0.379 e. The number of urea groups is 1. The van der Waals surface area contributed by atoms with Gasteiger partial charge in [-0.25, -0.2) is 4.79 Å². The number of rotatable bonds is 3. The van der Waals surface area contributed by atoms with E-state index in [1.807, 2.05) is 0 Å². The van der Waals surface area contributed by atoms with E-state index in [1.54, 1.807) is 12.0 Å². The summed E-state index contributed by atoms with van der Waals surface area (Å²) in [6.07, 6.45) is 0.374. The van der Waals surface area contributed by atoms with Crippen LogP contribution in [0.3, 0.4) is 0 Å². The molecule has 1 aliphatic carbocycles. The molecule has 2 fully saturated rings. The van der Waals surface area contributed by atoms with Gasteiger partial charge in [0, 0.05) is 33.3 Å². The number of alkyl halides is 3. The van der Waals surface area contributed by atoms with E-state index in [9.17, 15) is 18.0 Å². The number of hydrogen-bond donors (Lipinski definition) is 1. The molecule has 0 aromatic rings. The second kappa shape index (κ2) is 8.19. The molecule has 5 nitrogen and oxygen atoms in total. The van der Waals surface area contributed by atoms with E-state index in [1.165, 1.54) is 4.90 Å². The molecule has 23 heavy (non-hydrogen) atoms. The van der Waals surface area contributed by atoms with Gasteiger partial charge in [-0.05, 0) is 19.3 Å². The molecule has 2 atom stereocenters. The fourth-order valence-electron chi connectivity index (χ4n) is 3.38. The molecule has 2 amide bonds. The third-order valence-electron chi connectivity index (χ3n) is 4.59. The monoisotopic (exact) mass is 337 g/mol. The van der Waals surface area contributed by atoms with Gasteiger partial charge in [0.25, 0.3) is 0 Å². The standard InChI is InChI=1S/C15H26F3N3O2/c1-23-13-6-3-2-5-12(13)19-14(22)21-8-4-7-20(9-10-21)11-15(16,17)18/h12-13H,2-11H2,1H3,(H,19,22). The van der Waals surface area contributed by atoms with Gasteiger partial charge in [-0.3, -0.25) is 4.90 Å². The van der Waals surface area contributed by atoms with Crippen molar-refractivity contribution in [3.8, 4) is 0 Å². The molecule has 1 saturated heterocycles. The molecule has 1 saturated carbocycles. The summed E-state index contributed by atoms with van der Waals surface area (Å²) >= 11 is 0. The molecule has 2 rings (SSSR count). The van der Waals surface area contributed by atoms with E-state index in [-0.39, 0.29) is 24.7 Å². The van der Waals surface area contributed by atoms with E-state index in [0.29, 0.717) is 26.1 Å². The van der Waals surface area contributed by atoms with Crippen molar-refractivity contribution >= 4 is 6.03 Å². The van der Waals surface area contributed by atoms with Crippen LogP contribution in [0.25, 0.3) is 0 Å². The van der Waals surface area contributed by atoms with Crippen LogP contribution >= 0.6 is 0 Å². The van der Waals surface area contributed by atoms with Crippen LogP contribution in [0.4, 0.5) is 18.0 Å². The van der Waals surface area contributed by atoms with Crippen molar-refractivity contribution in [3.63, 3.8) is 0 Å². The van der Waals surface area contributed by atoms with Gasteiger partial charge in [0.05, 0.1) is 18.7 Å². The second-order valence-corrected chi connectivity index (χ2v) is 6.35. The molecule has 8 heteroatoms. The quantitative estimate of drug-likeness (QED) is 0.859. The fraction of sp³-hybridized carbons (Fsp3) is 0.933. The first kappa shape index (κ1) is 18.3. The predicted molar refractivity (Wildman–Crippen MR) is 80.3 cm³/mol. The Labute approximate surface area is 135 Å². The van der Waals surface area contributed by atoms with Crippen molar-refractivity contribution in [1.82, 2.24) is 15.1 Å². The molecule has 0 aromatic carbocycles.